The van der Waals surface area contributed by atoms with E-state index in [4.69, 9.17) is 4.98 Å². The molecule has 2 atom stereocenters. The summed E-state index contributed by atoms with van der Waals surface area (Å²) < 4.78 is 17.8. The molecule has 0 unspecified atom stereocenters. The molecule has 6 nitrogen and oxygen atoms in total. The number of hydrogen-bond donors (Lipinski definition) is 1. The van der Waals surface area contributed by atoms with Gasteiger partial charge in [-0.05, 0) is 43.5 Å². The Balaban J connectivity index is 1.51. The van der Waals surface area contributed by atoms with Gasteiger partial charge in [-0.2, -0.15) is 5.10 Å². The molecule has 1 N–H and O–H groups in total. The summed E-state index contributed by atoms with van der Waals surface area (Å²) >= 11 is 0. The van der Waals surface area contributed by atoms with Crippen LogP contribution in [0.3, 0.4) is 0 Å². The van der Waals surface area contributed by atoms with Crippen molar-refractivity contribution in [1.82, 2.24) is 24.1 Å². The summed E-state index contributed by atoms with van der Waals surface area (Å²) in [5.74, 6) is 0.699. The molecule has 0 aliphatic heterocycles. The molecule has 4 heterocycles. The first kappa shape index (κ1) is 16.9. The van der Waals surface area contributed by atoms with E-state index in [9.17, 15) is 4.39 Å². The average Bonchev–Trinajstić information content (AvgIpc) is 3.42. The molecule has 142 valence electrons. The molecule has 1 fully saturated rings. The van der Waals surface area contributed by atoms with Gasteiger partial charge in [0.25, 0.3) is 0 Å². The van der Waals surface area contributed by atoms with Crippen LogP contribution in [0.4, 0.5) is 10.2 Å². The van der Waals surface area contributed by atoms with Crippen LogP contribution in [0.1, 0.15) is 19.3 Å². The number of rotatable bonds is 4. The normalized spacial score (nSPS) is 19.4. The van der Waals surface area contributed by atoms with Gasteiger partial charge in [-0.3, -0.25) is 9.08 Å². The van der Waals surface area contributed by atoms with Crippen LogP contribution in [0.2, 0.25) is 0 Å². The number of aryl methyl sites for hydroxylation is 1. The van der Waals surface area contributed by atoms with Crippen LogP contribution >= 0.6 is 0 Å². The molecule has 0 bridgehead atoms. The predicted octanol–water partition coefficient (Wildman–Crippen LogP) is 4.10. The van der Waals surface area contributed by atoms with Gasteiger partial charge in [-0.1, -0.05) is 6.07 Å². The fourth-order valence-corrected chi connectivity index (χ4v) is 3.84. The Morgan fingerprint density at radius 3 is 2.79 bits per heavy atom. The van der Waals surface area contributed by atoms with Gasteiger partial charge in [0.2, 0.25) is 0 Å². The highest BCUT2D eigenvalue weighted by Gasteiger charge is 2.27. The third-order valence-electron chi connectivity index (χ3n) is 5.32. The molecule has 0 saturated heterocycles. The second kappa shape index (κ2) is 6.74. The predicted molar refractivity (Wildman–Crippen MR) is 107 cm³/mol. The van der Waals surface area contributed by atoms with Gasteiger partial charge in [0.05, 0.1) is 29.8 Å². The number of anilines is 1. The number of nitrogens with zero attached hydrogens (tertiary/aromatic N) is 5. The first-order valence-corrected chi connectivity index (χ1v) is 9.51. The Bertz CT molecular complexity index is 1130. The lowest BCUT2D eigenvalue weighted by Gasteiger charge is -2.16. The fraction of sp³-hybridized carbons (Fsp3) is 0.286. The van der Waals surface area contributed by atoms with Gasteiger partial charge in [0.1, 0.15) is 17.6 Å². The molecule has 1 aliphatic rings. The van der Waals surface area contributed by atoms with Crippen molar-refractivity contribution in [3.8, 4) is 22.5 Å². The van der Waals surface area contributed by atoms with Gasteiger partial charge >= 0.3 is 0 Å². The highest BCUT2D eigenvalue weighted by Crippen LogP contribution is 2.27. The first-order chi connectivity index (χ1) is 13.7. The van der Waals surface area contributed by atoms with E-state index < -0.39 is 6.17 Å². The van der Waals surface area contributed by atoms with Crippen LogP contribution in [0.25, 0.3) is 28.2 Å². The molecule has 28 heavy (non-hydrogen) atoms. The number of nitrogens with one attached hydrogen (secondary N) is 1. The van der Waals surface area contributed by atoms with Crippen LogP contribution in [0, 0.1) is 0 Å². The average molecular weight is 376 g/mol. The van der Waals surface area contributed by atoms with Gasteiger partial charge in [-0.25, -0.2) is 14.4 Å². The number of imidazole rings is 1. The molecule has 4 aromatic heterocycles. The summed E-state index contributed by atoms with van der Waals surface area (Å²) in [7, 11) is 1.90. The molecule has 1 saturated carbocycles. The van der Waals surface area contributed by atoms with E-state index in [1.54, 1.807) is 4.68 Å². The van der Waals surface area contributed by atoms with E-state index in [0.29, 0.717) is 12.2 Å². The van der Waals surface area contributed by atoms with Crippen LogP contribution in [0.15, 0.2) is 55.1 Å². The van der Waals surface area contributed by atoms with Crippen LogP contribution in [-0.4, -0.2) is 36.4 Å². The van der Waals surface area contributed by atoms with E-state index in [-0.39, 0.29) is 6.04 Å². The summed E-state index contributed by atoms with van der Waals surface area (Å²) in [6, 6.07) is 9.65. The Labute approximate surface area is 162 Å². The number of fused-ring (bicyclic) bond motifs is 1. The smallest absolute Gasteiger partial charge is 0.137 e. The minimum Gasteiger partial charge on any atom is -0.364 e. The van der Waals surface area contributed by atoms with E-state index in [1.165, 1.54) is 0 Å². The van der Waals surface area contributed by atoms with Gasteiger partial charge in [0.15, 0.2) is 0 Å². The zero-order chi connectivity index (χ0) is 19.1. The second-order valence-electron chi connectivity index (χ2n) is 7.30. The van der Waals surface area contributed by atoms with Crippen molar-refractivity contribution in [2.75, 3.05) is 5.32 Å². The molecule has 0 aromatic carbocycles. The van der Waals surface area contributed by atoms with E-state index in [0.717, 1.165) is 41.0 Å². The largest absolute Gasteiger partial charge is 0.364 e. The van der Waals surface area contributed by atoms with Crippen LogP contribution in [0.5, 0.6) is 0 Å². The topological polar surface area (TPSA) is 60.0 Å². The number of pyridine rings is 2. The highest BCUT2D eigenvalue weighted by atomic mass is 19.1. The van der Waals surface area contributed by atoms with Crippen molar-refractivity contribution in [1.29, 1.82) is 0 Å². The molecule has 7 heteroatoms. The van der Waals surface area contributed by atoms with Crippen LogP contribution < -0.4 is 5.32 Å². The van der Waals surface area contributed by atoms with Crippen molar-refractivity contribution < 1.29 is 4.39 Å². The van der Waals surface area contributed by atoms with Crippen molar-refractivity contribution in [2.45, 2.75) is 31.5 Å². The number of hydrogen-bond acceptors (Lipinski definition) is 4. The second-order valence-corrected chi connectivity index (χ2v) is 7.30. The number of aromatic nitrogens is 5. The maximum Gasteiger partial charge on any atom is 0.137 e. The van der Waals surface area contributed by atoms with Crippen molar-refractivity contribution >= 4 is 11.5 Å². The molecule has 0 radical (unpaired) electrons. The lowest BCUT2D eigenvalue weighted by Crippen LogP contribution is -2.25. The maximum atomic E-state index is 14.0. The number of halogens is 1. The zero-order valence-corrected chi connectivity index (χ0v) is 15.6. The quantitative estimate of drug-likeness (QED) is 0.583. The third kappa shape index (κ3) is 3.02. The minimum atomic E-state index is -0.803. The SMILES string of the molecule is Cn1cc(-c2ccc3ncc(-c4cccc(N[C@@H]5CCC[C@@H]5F)n4)n3c2)cn1. The first-order valence-electron chi connectivity index (χ1n) is 9.51. The Morgan fingerprint density at radius 1 is 1.07 bits per heavy atom. The monoisotopic (exact) mass is 376 g/mol. The third-order valence-corrected chi connectivity index (χ3v) is 5.32. The number of alkyl halides is 1. The molecular weight excluding hydrogens is 355 g/mol. The van der Waals surface area contributed by atoms with Crippen molar-refractivity contribution in [2.24, 2.45) is 7.05 Å². The summed E-state index contributed by atoms with van der Waals surface area (Å²) in [5, 5.41) is 7.50. The fourth-order valence-electron chi connectivity index (χ4n) is 3.84. The standard InChI is InChI=1S/C21H21FN6/c1-27-12-15(10-24-27)14-8-9-21-23-11-19(28(21)13-14)18-6-3-7-20(26-18)25-17-5-2-4-16(17)22/h3,6-13,16-17H,2,4-5H2,1H3,(H,25,26)/t16-,17+/m0/s1. The molecule has 4 aromatic rings. The summed E-state index contributed by atoms with van der Waals surface area (Å²) in [6.07, 6.45) is 9.28. The van der Waals surface area contributed by atoms with Crippen molar-refractivity contribution in [3.63, 3.8) is 0 Å². The van der Waals surface area contributed by atoms with Gasteiger partial charge in [-0.15, -0.1) is 0 Å². The van der Waals surface area contributed by atoms with E-state index in [1.807, 2.05) is 66.6 Å². The minimum absolute atomic E-state index is 0.151. The van der Waals surface area contributed by atoms with E-state index in [2.05, 4.69) is 15.4 Å². The Morgan fingerprint density at radius 2 is 2.00 bits per heavy atom. The summed E-state index contributed by atoms with van der Waals surface area (Å²) in [5.41, 5.74) is 4.65. The molecule has 0 amide bonds. The molecular formula is C21H21FN6. The molecule has 5 rings (SSSR count). The zero-order valence-electron chi connectivity index (χ0n) is 15.6. The lowest BCUT2D eigenvalue weighted by molar-refractivity contribution is 0.323. The summed E-state index contributed by atoms with van der Waals surface area (Å²) in [6.45, 7) is 0. The van der Waals surface area contributed by atoms with Crippen LogP contribution in [-0.2, 0) is 7.05 Å². The maximum absolute atomic E-state index is 14.0. The molecule has 0 spiro atoms. The summed E-state index contributed by atoms with van der Waals surface area (Å²) in [4.78, 5) is 9.22. The van der Waals surface area contributed by atoms with E-state index >= 15 is 0 Å². The Kier molecular flexibility index (Phi) is 4.07. The molecule has 1 aliphatic carbocycles. The van der Waals surface area contributed by atoms with Gasteiger partial charge in [0, 0.05) is 30.6 Å². The van der Waals surface area contributed by atoms with Crippen molar-refractivity contribution in [3.05, 3.63) is 55.1 Å². The lowest BCUT2D eigenvalue weighted by atomic mass is 10.1. The Hall–Kier alpha value is -3.22. The highest BCUT2D eigenvalue weighted by molar-refractivity contribution is 5.67. The van der Waals surface area contributed by atoms with Gasteiger partial charge < -0.3 is 5.32 Å².